The Morgan fingerprint density at radius 3 is 1.38 bits per heavy atom. The number of hydrogen-bond donors (Lipinski definition) is 2. The standard InChI is InChI=1S/C20H28N2O4/c1-3-7-19(8-4-1)17-25-21-11-13-23-15-16-24-14-12-22-26-18-20-9-5-2-6-10-20/h1-10,21-22H,11-18H2. The van der Waals surface area contributed by atoms with Gasteiger partial charge in [-0.15, -0.1) is 0 Å². The summed E-state index contributed by atoms with van der Waals surface area (Å²) in [6, 6.07) is 20.0. The van der Waals surface area contributed by atoms with Gasteiger partial charge in [-0.2, -0.15) is 11.0 Å². The van der Waals surface area contributed by atoms with Crippen LogP contribution in [0.3, 0.4) is 0 Å². The van der Waals surface area contributed by atoms with Gasteiger partial charge in [0, 0.05) is 13.1 Å². The summed E-state index contributed by atoms with van der Waals surface area (Å²) >= 11 is 0. The first-order valence-electron chi connectivity index (χ1n) is 8.88. The van der Waals surface area contributed by atoms with Crippen LogP contribution in [-0.4, -0.2) is 39.5 Å². The van der Waals surface area contributed by atoms with Gasteiger partial charge in [-0.3, -0.25) is 9.68 Å². The molecule has 0 heterocycles. The van der Waals surface area contributed by atoms with E-state index < -0.39 is 0 Å². The average Bonchev–Trinajstić information content (AvgIpc) is 2.70. The van der Waals surface area contributed by atoms with Crippen molar-refractivity contribution in [3.63, 3.8) is 0 Å². The second-order valence-corrected chi connectivity index (χ2v) is 5.56. The van der Waals surface area contributed by atoms with Crippen LogP contribution in [0.4, 0.5) is 0 Å². The van der Waals surface area contributed by atoms with E-state index in [2.05, 4.69) is 11.0 Å². The minimum Gasteiger partial charge on any atom is -0.378 e. The molecule has 0 amide bonds. The van der Waals surface area contributed by atoms with Crippen molar-refractivity contribution in [2.75, 3.05) is 39.5 Å². The molecule has 0 atom stereocenters. The molecule has 0 aromatic heterocycles. The number of hydroxylamine groups is 2. The minimum atomic E-state index is 0.545. The lowest BCUT2D eigenvalue weighted by atomic mass is 10.2. The summed E-state index contributed by atoms with van der Waals surface area (Å²) in [6.07, 6.45) is 0. The van der Waals surface area contributed by atoms with Crippen LogP contribution in [0.5, 0.6) is 0 Å². The van der Waals surface area contributed by atoms with Crippen molar-refractivity contribution in [1.29, 1.82) is 0 Å². The molecule has 142 valence electrons. The summed E-state index contributed by atoms with van der Waals surface area (Å²) in [5, 5.41) is 0. The maximum atomic E-state index is 5.45. The van der Waals surface area contributed by atoms with Gasteiger partial charge >= 0.3 is 0 Å². The topological polar surface area (TPSA) is 61.0 Å². The van der Waals surface area contributed by atoms with E-state index in [1.54, 1.807) is 0 Å². The quantitative estimate of drug-likeness (QED) is 0.376. The summed E-state index contributed by atoms with van der Waals surface area (Å²) in [5.74, 6) is 0. The van der Waals surface area contributed by atoms with Gasteiger partial charge in [0.05, 0.1) is 39.6 Å². The van der Waals surface area contributed by atoms with E-state index in [9.17, 15) is 0 Å². The second-order valence-electron chi connectivity index (χ2n) is 5.56. The van der Waals surface area contributed by atoms with Crippen molar-refractivity contribution >= 4 is 0 Å². The van der Waals surface area contributed by atoms with Gasteiger partial charge in [-0.25, -0.2) is 0 Å². The summed E-state index contributed by atoms with van der Waals surface area (Å²) in [7, 11) is 0. The maximum absolute atomic E-state index is 5.45. The molecule has 2 aromatic rings. The van der Waals surface area contributed by atoms with Crippen LogP contribution in [0.2, 0.25) is 0 Å². The number of benzene rings is 2. The maximum Gasteiger partial charge on any atom is 0.0933 e. The van der Waals surface area contributed by atoms with E-state index in [1.807, 2.05) is 60.7 Å². The molecule has 0 saturated carbocycles. The minimum absolute atomic E-state index is 0.545. The Morgan fingerprint density at radius 1 is 0.538 bits per heavy atom. The van der Waals surface area contributed by atoms with Crippen molar-refractivity contribution in [2.45, 2.75) is 13.2 Å². The van der Waals surface area contributed by atoms with Gasteiger partial charge in [0.15, 0.2) is 0 Å². The second kappa shape index (κ2) is 14.4. The van der Waals surface area contributed by atoms with Crippen LogP contribution in [-0.2, 0) is 32.4 Å². The lowest BCUT2D eigenvalue weighted by Gasteiger charge is -2.08. The average molecular weight is 360 g/mol. The van der Waals surface area contributed by atoms with E-state index in [-0.39, 0.29) is 0 Å². The number of hydrogen-bond acceptors (Lipinski definition) is 6. The fraction of sp³-hybridized carbons (Fsp3) is 0.400. The third-order valence-corrected chi connectivity index (χ3v) is 3.44. The lowest BCUT2D eigenvalue weighted by molar-refractivity contribution is -0.0109. The predicted octanol–water partition coefficient (Wildman–Crippen LogP) is 2.46. The van der Waals surface area contributed by atoms with Crippen LogP contribution in [0, 0.1) is 0 Å². The molecular weight excluding hydrogens is 332 g/mol. The first-order chi connectivity index (χ1) is 12.9. The zero-order chi connectivity index (χ0) is 18.1. The molecule has 2 N–H and O–H groups in total. The molecule has 0 aliphatic heterocycles. The normalized spacial score (nSPS) is 10.9. The highest BCUT2D eigenvalue weighted by Gasteiger charge is 1.94. The number of nitrogens with one attached hydrogen (secondary N) is 2. The van der Waals surface area contributed by atoms with Crippen LogP contribution in [0.1, 0.15) is 11.1 Å². The molecule has 0 aliphatic rings. The highest BCUT2D eigenvalue weighted by atomic mass is 16.6. The van der Waals surface area contributed by atoms with Crippen molar-refractivity contribution in [2.24, 2.45) is 0 Å². The largest absolute Gasteiger partial charge is 0.378 e. The lowest BCUT2D eigenvalue weighted by Crippen LogP contribution is -2.22. The Kier molecular flexibility index (Phi) is 11.3. The summed E-state index contributed by atoms with van der Waals surface area (Å²) in [5.41, 5.74) is 8.03. The van der Waals surface area contributed by atoms with Gasteiger partial charge < -0.3 is 9.47 Å². The van der Waals surface area contributed by atoms with Crippen LogP contribution >= 0.6 is 0 Å². The summed E-state index contributed by atoms with van der Waals surface area (Å²) in [6.45, 7) is 4.65. The van der Waals surface area contributed by atoms with E-state index in [0.717, 1.165) is 11.1 Å². The molecule has 2 aromatic carbocycles. The third kappa shape index (κ3) is 10.2. The van der Waals surface area contributed by atoms with Crippen LogP contribution in [0.25, 0.3) is 0 Å². The molecule has 6 heteroatoms. The van der Waals surface area contributed by atoms with Gasteiger partial charge in [0.1, 0.15) is 0 Å². The third-order valence-electron chi connectivity index (χ3n) is 3.44. The first-order valence-corrected chi connectivity index (χ1v) is 8.88. The van der Waals surface area contributed by atoms with Crippen LogP contribution in [0.15, 0.2) is 60.7 Å². The van der Waals surface area contributed by atoms with E-state index in [1.165, 1.54) is 0 Å². The van der Waals surface area contributed by atoms with E-state index in [0.29, 0.717) is 52.7 Å². The Labute approximate surface area is 155 Å². The van der Waals surface area contributed by atoms with Gasteiger partial charge in [0.2, 0.25) is 0 Å². The Bertz CT molecular complexity index is 503. The fourth-order valence-electron chi connectivity index (χ4n) is 2.11. The van der Waals surface area contributed by atoms with E-state index in [4.69, 9.17) is 19.1 Å². The van der Waals surface area contributed by atoms with Crippen molar-refractivity contribution in [1.82, 2.24) is 11.0 Å². The Hall–Kier alpha value is -1.80. The van der Waals surface area contributed by atoms with Crippen molar-refractivity contribution in [3.8, 4) is 0 Å². The molecule has 0 bridgehead atoms. The smallest absolute Gasteiger partial charge is 0.0933 e. The Morgan fingerprint density at radius 2 is 0.962 bits per heavy atom. The molecule has 0 spiro atoms. The van der Waals surface area contributed by atoms with Crippen molar-refractivity contribution < 1.29 is 19.1 Å². The molecule has 0 unspecified atom stereocenters. The van der Waals surface area contributed by atoms with Gasteiger partial charge in [-0.05, 0) is 11.1 Å². The van der Waals surface area contributed by atoms with E-state index >= 15 is 0 Å². The summed E-state index contributed by atoms with van der Waals surface area (Å²) in [4.78, 5) is 10.7. The molecular formula is C20H28N2O4. The SMILES string of the molecule is c1ccc(CONCCOCCOCCNOCc2ccccc2)cc1. The molecule has 26 heavy (non-hydrogen) atoms. The van der Waals surface area contributed by atoms with Gasteiger partial charge in [-0.1, -0.05) is 60.7 Å². The highest BCUT2D eigenvalue weighted by Crippen LogP contribution is 1.99. The van der Waals surface area contributed by atoms with Gasteiger partial charge in [0.25, 0.3) is 0 Å². The van der Waals surface area contributed by atoms with Crippen molar-refractivity contribution in [3.05, 3.63) is 71.8 Å². The Balaban J connectivity index is 1.28. The fourth-order valence-corrected chi connectivity index (χ4v) is 2.11. The molecule has 0 aliphatic carbocycles. The number of rotatable bonds is 15. The summed E-state index contributed by atoms with van der Waals surface area (Å²) < 4.78 is 10.9. The molecule has 6 nitrogen and oxygen atoms in total. The first kappa shape index (κ1) is 20.5. The number of ether oxygens (including phenoxy) is 2. The van der Waals surface area contributed by atoms with Crippen LogP contribution < -0.4 is 11.0 Å². The zero-order valence-electron chi connectivity index (χ0n) is 15.1. The highest BCUT2D eigenvalue weighted by molar-refractivity contribution is 5.13. The molecule has 0 saturated heterocycles. The molecule has 0 radical (unpaired) electrons. The molecule has 2 rings (SSSR count). The monoisotopic (exact) mass is 360 g/mol. The molecule has 0 fully saturated rings. The predicted molar refractivity (Wildman–Crippen MR) is 100 cm³/mol. The zero-order valence-corrected chi connectivity index (χ0v) is 15.1.